The molecule has 0 saturated carbocycles. The molecule has 0 rings (SSSR count). The molecule has 0 bridgehead atoms. The zero-order chi connectivity index (χ0) is 17.9. The van der Waals surface area contributed by atoms with Crippen molar-refractivity contribution in [2.24, 2.45) is 0 Å². The Morgan fingerprint density at radius 1 is 0.957 bits per heavy atom. The molecule has 0 heterocycles. The standard InChI is InChI=1S/C18H35NO4/c1-5-6-7-8-9-10-11-12-13-16(20)18(23,14-17(21)22)15-19(2,3)4/h23H,5-15H2,1-4H3. The minimum absolute atomic E-state index is 0.0802. The van der Waals surface area contributed by atoms with Crippen LogP contribution in [0.1, 0.15) is 71.1 Å². The monoisotopic (exact) mass is 329 g/mol. The summed E-state index contributed by atoms with van der Waals surface area (Å²) in [5.74, 6) is -1.76. The van der Waals surface area contributed by atoms with Gasteiger partial charge < -0.3 is 19.5 Å². The fourth-order valence-corrected chi connectivity index (χ4v) is 2.92. The van der Waals surface area contributed by atoms with Gasteiger partial charge in [0.25, 0.3) is 0 Å². The number of aliphatic hydroxyl groups is 1. The van der Waals surface area contributed by atoms with Gasteiger partial charge in [-0.2, -0.15) is 0 Å². The average Bonchev–Trinajstić information content (AvgIpc) is 2.38. The lowest BCUT2D eigenvalue weighted by atomic mass is 9.89. The number of carbonyl (C=O) groups is 2. The van der Waals surface area contributed by atoms with E-state index >= 15 is 0 Å². The number of Topliss-reactive ketones (excluding diaryl/α,β-unsaturated/α-hetero) is 1. The molecule has 1 atom stereocenters. The number of nitrogens with zero attached hydrogens (tertiary/aromatic N) is 1. The molecule has 0 aliphatic heterocycles. The van der Waals surface area contributed by atoms with Gasteiger partial charge >= 0.3 is 0 Å². The van der Waals surface area contributed by atoms with Crippen LogP contribution in [0, 0.1) is 0 Å². The summed E-state index contributed by atoms with van der Waals surface area (Å²) in [4.78, 5) is 23.2. The van der Waals surface area contributed by atoms with E-state index in [0.717, 1.165) is 12.8 Å². The van der Waals surface area contributed by atoms with E-state index in [9.17, 15) is 19.8 Å². The molecule has 0 aliphatic rings. The van der Waals surface area contributed by atoms with Gasteiger partial charge in [-0.05, 0) is 6.42 Å². The fourth-order valence-electron chi connectivity index (χ4n) is 2.92. The van der Waals surface area contributed by atoms with E-state index in [1.54, 1.807) is 0 Å². The number of aliphatic carboxylic acids is 1. The molecule has 0 saturated heterocycles. The number of hydrogen-bond acceptors (Lipinski definition) is 4. The summed E-state index contributed by atoms with van der Waals surface area (Å²) in [5, 5.41) is 21.4. The minimum atomic E-state index is -1.82. The number of carboxylic acid groups (broad SMARTS) is 1. The molecule has 0 spiro atoms. The van der Waals surface area contributed by atoms with Crippen LogP contribution in [0.4, 0.5) is 0 Å². The third kappa shape index (κ3) is 11.3. The van der Waals surface area contributed by atoms with Crippen molar-refractivity contribution in [1.29, 1.82) is 0 Å². The Bertz CT molecular complexity index is 363. The van der Waals surface area contributed by atoms with Crippen molar-refractivity contribution in [1.82, 2.24) is 0 Å². The van der Waals surface area contributed by atoms with Crippen LogP contribution in [0.2, 0.25) is 0 Å². The summed E-state index contributed by atoms with van der Waals surface area (Å²) in [6.07, 6.45) is 8.54. The van der Waals surface area contributed by atoms with Crippen molar-refractivity contribution >= 4 is 11.8 Å². The van der Waals surface area contributed by atoms with Crippen molar-refractivity contribution in [3.05, 3.63) is 0 Å². The number of carboxylic acids is 1. The second-order valence-electron chi connectivity index (χ2n) is 7.68. The van der Waals surface area contributed by atoms with E-state index in [1.807, 2.05) is 21.1 Å². The SMILES string of the molecule is CCCCCCCCCCC(=O)C(O)(CC(=O)[O-])C[N+](C)(C)C. The average molecular weight is 329 g/mol. The third-order valence-corrected chi connectivity index (χ3v) is 3.95. The summed E-state index contributed by atoms with van der Waals surface area (Å²) >= 11 is 0. The summed E-state index contributed by atoms with van der Waals surface area (Å²) in [5.41, 5.74) is -1.82. The first-order valence-corrected chi connectivity index (χ1v) is 8.87. The quantitative estimate of drug-likeness (QED) is 0.388. The van der Waals surface area contributed by atoms with Crippen molar-refractivity contribution < 1.29 is 24.3 Å². The molecule has 0 aromatic rings. The van der Waals surface area contributed by atoms with E-state index in [-0.39, 0.29) is 18.7 Å². The number of hydrogen-bond donors (Lipinski definition) is 1. The molecular formula is C18H35NO4. The minimum Gasteiger partial charge on any atom is -0.550 e. The zero-order valence-electron chi connectivity index (χ0n) is 15.4. The van der Waals surface area contributed by atoms with Gasteiger partial charge in [0.2, 0.25) is 0 Å². The fraction of sp³-hybridized carbons (Fsp3) is 0.889. The number of unbranched alkanes of at least 4 members (excludes halogenated alkanes) is 7. The van der Waals surface area contributed by atoms with Crippen LogP contribution in [-0.4, -0.2) is 54.6 Å². The summed E-state index contributed by atoms with van der Waals surface area (Å²) in [7, 11) is 5.47. The second-order valence-corrected chi connectivity index (χ2v) is 7.68. The molecule has 5 nitrogen and oxygen atoms in total. The number of likely N-dealkylation sites (N-methyl/N-ethyl adjacent to an activating group) is 1. The Labute approximate surface area is 141 Å². The molecule has 1 unspecified atom stereocenters. The van der Waals surface area contributed by atoms with E-state index in [0.29, 0.717) is 10.9 Å². The largest absolute Gasteiger partial charge is 0.550 e. The number of ketones is 1. The molecular weight excluding hydrogens is 294 g/mol. The maximum absolute atomic E-state index is 12.3. The third-order valence-electron chi connectivity index (χ3n) is 3.95. The highest BCUT2D eigenvalue weighted by molar-refractivity contribution is 5.90. The maximum Gasteiger partial charge on any atom is 0.177 e. The van der Waals surface area contributed by atoms with Crippen molar-refractivity contribution in [3.63, 3.8) is 0 Å². The van der Waals surface area contributed by atoms with Gasteiger partial charge in [0.05, 0.1) is 21.1 Å². The molecule has 5 heteroatoms. The van der Waals surface area contributed by atoms with Crippen LogP contribution in [0.3, 0.4) is 0 Å². The number of quaternary nitrogens is 1. The highest BCUT2D eigenvalue weighted by atomic mass is 16.4. The van der Waals surface area contributed by atoms with Crippen LogP contribution >= 0.6 is 0 Å². The Hall–Kier alpha value is -0.940. The lowest BCUT2D eigenvalue weighted by molar-refractivity contribution is -0.875. The summed E-state index contributed by atoms with van der Waals surface area (Å²) < 4.78 is 0.326. The van der Waals surface area contributed by atoms with Crippen LogP contribution in [0.15, 0.2) is 0 Å². The predicted octanol–water partition coefficient (Wildman–Crippen LogP) is 1.66. The van der Waals surface area contributed by atoms with E-state index in [4.69, 9.17) is 0 Å². The molecule has 0 aromatic heterocycles. The van der Waals surface area contributed by atoms with Gasteiger partial charge in [0.15, 0.2) is 11.4 Å². The first-order chi connectivity index (χ1) is 10.6. The number of carbonyl (C=O) groups excluding carboxylic acids is 2. The van der Waals surface area contributed by atoms with Gasteiger partial charge in [0.1, 0.15) is 6.54 Å². The first kappa shape index (κ1) is 22.1. The Balaban J connectivity index is 4.22. The van der Waals surface area contributed by atoms with Crippen molar-refractivity contribution in [3.8, 4) is 0 Å². The first-order valence-electron chi connectivity index (χ1n) is 8.87. The summed E-state index contributed by atoms with van der Waals surface area (Å²) in [6.45, 7) is 2.27. The van der Waals surface area contributed by atoms with E-state index in [2.05, 4.69) is 6.92 Å². The molecule has 0 radical (unpaired) electrons. The molecule has 1 N–H and O–H groups in total. The molecule has 0 aromatic carbocycles. The Morgan fingerprint density at radius 3 is 1.87 bits per heavy atom. The van der Waals surface area contributed by atoms with Crippen molar-refractivity contribution in [2.45, 2.75) is 76.7 Å². The van der Waals surface area contributed by atoms with Gasteiger partial charge in [0, 0.05) is 18.8 Å². The Morgan fingerprint density at radius 2 is 1.43 bits per heavy atom. The van der Waals surface area contributed by atoms with Gasteiger partial charge in [-0.25, -0.2) is 0 Å². The molecule has 0 fully saturated rings. The molecule has 0 aliphatic carbocycles. The highest BCUT2D eigenvalue weighted by Gasteiger charge is 2.40. The van der Waals surface area contributed by atoms with Crippen LogP contribution in [0.5, 0.6) is 0 Å². The number of rotatable bonds is 14. The maximum atomic E-state index is 12.3. The van der Waals surface area contributed by atoms with E-state index < -0.39 is 18.0 Å². The van der Waals surface area contributed by atoms with Crippen molar-refractivity contribution in [2.75, 3.05) is 27.7 Å². The highest BCUT2D eigenvalue weighted by Crippen LogP contribution is 2.19. The van der Waals surface area contributed by atoms with Gasteiger partial charge in [-0.1, -0.05) is 51.9 Å². The molecule has 0 amide bonds. The lowest BCUT2D eigenvalue weighted by Gasteiger charge is -2.34. The van der Waals surface area contributed by atoms with Gasteiger partial charge in [-0.15, -0.1) is 0 Å². The normalized spacial score (nSPS) is 14.5. The lowest BCUT2D eigenvalue weighted by Crippen LogP contribution is -2.56. The van der Waals surface area contributed by atoms with Crippen LogP contribution < -0.4 is 5.11 Å². The molecule has 136 valence electrons. The second kappa shape index (κ2) is 10.8. The topological polar surface area (TPSA) is 77.4 Å². The smallest absolute Gasteiger partial charge is 0.177 e. The zero-order valence-corrected chi connectivity index (χ0v) is 15.4. The van der Waals surface area contributed by atoms with Crippen LogP contribution in [-0.2, 0) is 9.59 Å². The van der Waals surface area contributed by atoms with E-state index in [1.165, 1.54) is 32.1 Å². The summed E-state index contributed by atoms with van der Waals surface area (Å²) in [6, 6.07) is 0. The van der Waals surface area contributed by atoms with Gasteiger partial charge in [-0.3, -0.25) is 4.79 Å². The van der Waals surface area contributed by atoms with Crippen LogP contribution in [0.25, 0.3) is 0 Å². The Kier molecular flexibility index (Phi) is 10.3. The molecule has 23 heavy (non-hydrogen) atoms. The predicted molar refractivity (Wildman–Crippen MR) is 89.7 cm³/mol.